The second-order valence-electron chi connectivity index (χ2n) is 8.40. The average Bonchev–Trinajstić information content (AvgIpc) is 3.53. The van der Waals surface area contributed by atoms with Gasteiger partial charge in [-0.15, -0.1) is 0 Å². The third-order valence-corrected chi connectivity index (χ3v) is 6.27. The van der Waals surface area contributed by atoms with Crippen molar-refractivity contribution in [1.29, 1.82) is 0 Å². The summed E-state index contributed by atoms with van der Waals surface area (Å²) in [5.41, 5.74) is 1.83. The van der Waals surface area contributed by atoms with Gasteiger partial charge in [-0.25, -0.2) is 9.59 Å². The summed E-state index contributed by atoms with van der Waals surface area (Å²) in [4.78, 5) is 36.9. The van der Waals surface area contributed by atoms with Gasteiger partial charge < -0.3 is 23.0 Å². The van der Waals surface area contributed by atoms with E-state index < -0.39 is 22.5 Å². The molecule has 0 radical (unpaired) electrons. The molecule has 0 aliphatic heterocycles. The second kappa shape index (κ2) is 11.5. The highest BCUT2D eigenvalue weighted by Crippen LogP contribution is 2.35. The Morgan fingerprint density at radius 1 is 1.08 bits per heavy atom. The first-order chi connectivity index (χ1) is 18.1. The Morgan fingerprint density at radius 2 is 1.82 bits per heavy atom. The van der Waals surface area contributed by atoms with E-state index >= 15 is 0 Å². The number of amides is 1. The van der Waals surface area contributed by atoms with Gasteiger partial charge in [-0.3, -0.25) is 4.79 Å². The van der Waals surface area contributed by atoms with Crippen LogP contribution in [-0.4, -0.2) is 29.0 Å². The lowest BCUT2D eigenvalue weighted by Crippen LogP contribution is -2.34. The van der Waals surface area contributed by atoms with Gasteiger partial charge in [-0.05, 0) is 24.3 Å². The molecule has 0 atom stereocenters. The zero-order valence-corrected chi connectivity index (χ0v) is 22.6. The summed E-state index contributed by atoms with van der Waals surface area (Å²) in [7, 11) is 1.27. The molecular weight excluding hydrogens is 559 g/mol. The van der Waals surface area contributed by atoms with Gasteiger partial charge in [0.1, 0.15) is 5.69 Å². The molecule has 0 aliphatic carbocycles. The number of nitrogens with zero attached hydrogens (tertiary/aromatic N) is 2. The van der Waals surface area contributed by atoms with Crippen LogP contribution < -0.4 is 10.7 Å². The number of carbonyl (C=O) groups excluding carboxylic acids is 2. The number of methoxy groups -OCH3 is 1. The van der Waals surface area contributed by atoms with Gasteiger partial charge >= 0.3 is 11.8 Å². The quantitative estimate of drug-likeness (QED) is 0.173. The Balaban J connectivity index is 1.73. The highest BCUT2D eigenvalue weighted by Gasteiger charge is 2.27. The predicted octanol–water partition coefficient (Wildman–Crippen LogP) is 6.46. The lowest BCUT2D eigenvalue weighted by Gasteiger charge is -2.23. The first-order valence-corrected chi connectivity index (χ1v) is 12.5. The number of anilines is 1. The molecule has 0 bridgehead atoms. The average molecular weight is 580 g/mol. The Bertz CT molecular complexity index is 1540. The first kappa shape index (κ1) is 27.5. The van der Waals surface area contributed by atoms with Gasteiger partial charge in [0.15, 0.2) is 22.1 Å². The van der Waals surface area contributed by atoms with Crippen LogP contribution in [0.1, 0.15) is 41.6 Å². The molecule has 2 heterocycles. The number of halogens is 3. The van der Waals surface area contributed by atoms with Crippen LogP contribution in [0.15, 0.2) is 66.7 Å². The number of hydrogen-bond donors (Lipinski definition) is 0. The minimum Gasteiger partial charge on any atom is -0.465 e. The Morgan fingerprint density at radius 3 is 2.50 bits per heavy atom. The number of benzene rings is 2. The van der Waals surface area contributed by atoms with Crippen molar-refractivity contribution in [2.45, 2.75) is 31.1 Å². The van der Waals surface area contributed by atoms with Crippen LogP contribution in [0.2, 0.25) is 5.02 Å². The predicted molar refractivity (Wildman–Crippen MR) is 142 cm³/mol. The number of alkyl halides is 2. The molecule has 9 nitrogen and oxygen atoms in total. The van der Waals surface area contributed by atoms with Crippen LogP contribution in [-0.2, 0) is 16.1 Å². The number of ether oxygens (including phenoxy) is 1. The maximum Gasteiger partial charge on any atom is 0.519 e. The lowest BCUT2D eigenvalue weighted by molar-refractivity contribution is -0.117. The Hall–Kier alpha value is -3.53. The van der Waals surface area contributed by atoms with E-state index in [0.717, 1.165) is 0 Å². The standard InChI is InChI=1S/C26H21Cl3N2O7/c1-13(2)22-20(36-26(34)37-22)12-31(24(32)23(28)29)15-7-4-6-14(10-15)19-11-18(30-38-19)21-16(25(33)35-3)8-5-9-17(21)27/h4-11,13,23H,12H2,1-3H3. The smallest absolute Gasteiger partial charge is 0.465 e. The van der Waals surface area contributed by atoms with E-state index in [1.54, 1.807) is 48.5 Å². The van der Waals surface area contributed by atoms with Crippen molar-refractivity contribution in [2.24, 2.45) is 0 Å². The molecule has 0 saturated carbocycles. The van der Waals surface area contributed by atoms with E-state index in [1.165, 1.54) is 12.0 Å². The van der Waals surface area contributed by atoms with Crippen molar-refractivity contribution in [3.05, 3.63) is 81.3 Å². The van der Waals surface area contributed by atoms with Crippen LogP contribution in [0, 0.1) is 0 Å². The molecule has 1 amide bonds. The molecule has 12 heteroatoms. The minimum absolute atomic E-state index is 0.152. The second-order valence-corrected chi connectivity index (χ2v) is 9.91. The monoisotopic (exact) mass is 578 g/mol. The third-order valence-electron chi connectivity index (χ3n) is 5.58. The van der Waals surface area contributed by atoms with E-state index in [2.05, 4.69) is 5.16 Å². The van der Waals surface area contributed by atoms with Gasteiger partial charge in [-0.1, -0.05) is 72.0 Å². The molecule has 4 rings (SSSR count). The molecule has 0 spiro atoms. The van der Waals surface area contributed by atoms with E-state index in [4.69, 9.17) is 52.9 Å². The highest BCUT2D eigenvalue weighted by molar-refractivity contribution is 6.54. The van der Waals surface area contributed by atoms with Crippen molar-refractivity contribution in [2.75, 3.05) is 12.0 Å². The number of rotatable bonds is 8. The summed E-state index contributed by atoms with van der Waals surface area (Å²) in [5.74, 6) is -1.45. The summed E-state index contributed by atoms with van der Waals surface area (Å²) in [6, 6.07) is 13.2. The van der Waals surface area contributed by atoms with Crippen LogP contribution in [0.3, 0.4) is 0 Å². The molecule has 198 valence electrons. The fraction of sp³-hybridized carbons (Fsp3) is 0.231. The van der Waals surface area contributed by atoms with Crippen LogP contribution in [0.5, 0.6) is 0 Å². The largest absolute Gasteiger partial charge is 0.519 e. The highest BCUT2D eigenvalue weighted by atomic mass is 35.5. The number of carbonyl (C=O) groups is 2. The van der Waals surface area contributed by atoms with Gasteiger partial charge in [0.05, 0.1) is 24.2 Å². The molecule has 0 saturated heterocycles. The van der Waals surface area contributed by atoms with Crippen LogP contribution in [0.25, 0.3) is 22.6 Å². The molecular formula is C26H21Cl3N2O7. The van der Waals surface area contributed by atoms with Crippen molar-refractivity contribution in [3.8, 4) is 22.6 Å². The lowest BCUT2D eigenvalue weighted by atomic mass is 10.0. The summed E-state index contributed by atoms with van der Waals surface area (Å²) in [6.45, 7) is 3.49. The zero-order chi connectivity index (χ0) is 27.6. The van der Waals surface area contributed by atoms with Crippen molar-refractivity contribution in [1.82, 2.24) is 5.16 Å². The Kier molecular flexibility index (Phi) is 8.30. The number of esters is 1. The van der Waals surface area contributed by atoms with Gasteiger partial charge in [0.2, 0.25) is 0 Å². The molecule has 0 fully saturated rings. The molecule has 0 aliphatic rings. The molecule has 38 heavy (non-hydrogen) atoms. The maximum atomic E-state index is 13.0. The number of hydrogen-bond acceptors (Lipinski definition) is 8. The summed E-state index contributed by atoms with van der Waals surface area (Å²) in [5, 5.41) is 4.38. The third kappa shape index (κ3) is 5.65. The number of aromatic nitrogens is 1. The molecule has 2 aromatic carbocycles. The summed E-state index contributed by atoms with van der Waals surface area (Å²) in [6.07, 6.45) is 0. The topological polar surface area (TPSA) is 116 Å². The van der Waals surface area contributed by atoms with Gasteiger partial charge in [0.25, 0.3) is 5.91 Å². The van der Waals surface area contributed by atoms with Crippen LogP contribution >= 0.6 is 34.8 Å². The molecule has 0 unspecified atom stereocenters. The minimum atomic E-state index is -1.38. The van der Waals surface area contributed by atoms with E-state index in [0.29, 0.717) is 34.0 Å². The zero-order valence-electron chi connectivity index (χ0n) is 20.4. The molecule has 0 N–H and O–H groups in total. The van der Waals surface area contributed by atoms with Gasteiger partial charge in [0, 0.05) is 28.8 Å². The SMILES string of the molecule is COC(=O)c1cccc(Cl)c1-c1cc(-c2cccc(N(Cc3oc(=O)oc3C(C)C)C(=O)C(Cl)Cl)c2)on1. The summed E-state index contributed by atoms with van der Waals surface area (Å²) >= 11 is 18.2. The van der Waals surface area contributed by atoms with E-state index in [1.807, 2.05) is 13.8 Å². The molecule has 2 aromatic heterocycles. The first-order valence-electron chi connectivity index (χ1n) is 11.3. The van der Waals surface area contributed by atoms with Crippen molar-refractivity contribution < 1.29 is 27.7 Å². The van der Waals surface area contributed by atoms with E-state index in [9.17, 15) is 14.4 Å². The van der Waals surface area contributed by atoms with E-state index in [-0.39, 0.29) is 28.8 Å². The fourth-order valence-corrected chi connectivity index (χ4v) is 4.35. The fourth-order valence-electron chi connectivity index (χ4n) is 3.85. The summed E-state index contributed by atoms with van der Waals surface area (Å²) < 4.78 is 20.7. The van der Waals surface area contributed by atoms with Crippen LogP contribution in [0.4, 0.5) is 5.69 Å². The normalized spacial score (nSPS) is 11.3. The maximum absolute atomic E-state index is 13.0. The van der Waals surface area contributed by atoms with Crippen molar-refractivity contribution in [3.63, 3.8) is 0 Å². The Labute approximate surface area is 231 Å². The van der Waals surface area contributed by atoms with Crippen molar-refractivity contribution >= 4 is 52.4 Å². The molecule has 4 aromatic rings. The van der Waals surface area contributed by atoms with Gasteiger partial charge in [-0.2, -0.15) is 0 Å².